The van der Waals surface area contributed by atoms with Crippen molar-refractivity contribution in [2.24, 2.45) is 5.92 Å². The first-order valence-corrected chi connectivity index (χ1v) is 8.78. The van der Waals surface area contributed by atoms with Gasteiger partial charge in [-0.15, -0.1) is 12.4 Å². The van der Waals surface area contributed by atoms with E-state index in [4.69, 9.17) is 19.3 Å². The Balaban J connectivity index is 0.00000364. The highest BCUT2D eigenvalue weighted by Gasteiger charge is 2.25. The van der Waals surface area contributed by atoms with Gasteiger partial charge in [0.15, 0.2) is 5.78 Å². The van der Waals surface area contributed by atoms with Gasteiger partial charge >= 0.3 is 5.97 Å². The largest absolute Gasteiger partial charge is 0.496 e. The lowest BCUT2D eigenvalue weighted by Crippen LogP contribution is -2.39. The number of hydrogen-bond acceptors (Lipinski definition) is 6. The molecule has 2 rings (SSSR count). The molecule has 1 aliphatic rings. The number of benzene rings is 1. The Morgan fingerprint density at radius 1 is 1.15 bits per heavy atom. The minimum Gasteiger partial charge on any atom is -0.496 e. The number of carbonyl (C=O) groups excluding carboxylic acids is 1. The quantitative estimate of drug-likeness (QED) is 0.636. The van der Waals surface area contributed by atoms with E-state index in [1.54, 1.807) is 19.2 Å². The van der Waals surface area contributed by atoms with Crippen LogP contribution < -0.4 is 14.2 Å². The molecule has 1 saturated heterocycles. The number of rotatable bonds is 9. The molecular formula is C19H28ClNO6. The first kappa shape index (κ1) is 23.0. The number of nitrogens with zero attached hydrogens (tertiary/aromatic N) is 1. The molecule has 0 spiro atoms. The number of likely N-dealkylation sites (tertiary alicyclic amines) is 1. The molecule has 0 amide bonds. The van der Waals surface area contributed by atoms with Crippen molar-refractivity contribution in [2.45, 2.75) is 25.7 Å². The number of ether oxygens (including phenoxy) is 3. The van der Waals surface area contributed by atoms with E-state index in [1.807, 2.05) is 0 Å². The van der Waals surface area contributed by atoms with E-state index < -0.39 is 5.97 Å². The predicted octanol–water partition coefficient (Wildman–Crippen LogP) is 2.89. The third kappa shape index (κ3) is 6.01. The van der Waals surface area contributed by atoms with Crippen molar-refractivity contribution in [1.82, 2.24) is 4.90 Å². The van der Waals surface area contributed by atoms with E-state index in [1.165, 1.54) is 14.2 Å². The number of carboxylic acids is 1. The molecule has 1 fully saturated rings. The summed E-state index contributed by atoms with van der Waals surface area (Å²) in [5.41, 5.74) is 0.415. The Kier molecular flexibility index (Phi) is 9.38. The smallest absolute Gasteiger partial charge is 0.307 e. The van der Waals surface area contributed by atoms with Gasteiger partial charge in [-0.2, -0.15) is 0 Å². The normalized spacial score (nSPS) is 16.9. The average molecular weight is 402 g/mol. The minimum atomic E-state index is -0.738. The summed E-state index contributed by atoms with van der Waals surface area (Å²) in [6, 6.07) is 3.33. The standard InChI is InChI=1S/C19H27NO6.ClH/c1-24-14-10-16(25-2)18(17(11-14)26-3)15(21)7-5-9-20-8-4-6-13(12-20)19(22)23;/h10-11,13H,4-9,12H2,1-3H3,(H,22,23);1H. The molecule has 1 aromatic rings. The molecule has 1 heterocycles. The third-order valence-corrected chi connectivity index (χ3v) is 4.73. The van der Waals surface area contributed by atoms with Gasteiger partial charge in [0.2, 0.25) is 0 Å². The van der Waals surface area contributed by atoms with Crippen LogP contribution in [-0.4, -0.2) is 62.7 Å². The van der Waals surface area contributed by atoms with Gasteiger partial charge in [0.25, 0.3) is 0 Å². The van der Waals surface area contributed by atoms with Gasteiger partial charge in [-0.05, 0) is 32.4 Å². The summed E-state index contributed by atoms with van der Waals surface area (Å²) >= 11 is 0. The molecule has 1 unspecified atom stereocenters. The lowest BCUT2D eigenvalue weighted by molar-refractivity contribution is -0.143. The molecule has 0 bridgehead atoms. The molecular weight excluding hydrogens is 374 g/mol. The van der Waals surface area contributed by atoms with Crippen LogP contribution in [0.2, 0.25) is 0 Å². The summed E-state index contributed by atoms with van der Waals surface area (Å²) in [4.78, 5) is 26.0. The number of methoxy groups -OCH3 is 3. The molecule has 8 heteroatoms. The van der Waals surface area contributed by atoms with Crippen LogP contribution in [0, 0.1) is 5.92 Å². The lowest BCUT2D eigenvalue weighted by Gasteiger charge is -2.30. The predicted molar refractivity (Wildman–Crippen MR) is 104 cm³/mol. The van der Waals surface area contributed by atoms with Gasteiger partial charge < -0.3 is 24.2 Å². The Morgan fingerprint density at radius 2 is 1.78 bits per heavy atom. The maximum absolute atomic E-state index is 12.7. The zero-order valence-corrected chi connectivity index (χ0v) is 16.8. The van der Waals surface area contributed by atoms with Crippen LogP contribution in [0.4, 0.5) is 0 Å². The summed E-state index contributed by atoms with van der Waals surface area (Å²) in [5, 5.41) is 9.16. The number of carboxylic acid groups (broad SMARTS) is 1. The zero-order chi connectivity index (χ0) is 19.1. The molecule has 152 valence electrons. The number of carbonyl (C=O) groups is 2. The Labute approximate surface area is 166 Å². The molecule has 0 aromatic heterocycles. The molecule has 0 saturated carbocycles. The molecule has 0 aliphatic carbocycles. The van der Waals surface area contributed by atoms with Crippen molar-refractivity contribution in [3.05, 3.63) is 17.7 Å². The van der Waals surface area contributed by atoms with Crippen LogP contribution >= 0.6 is 12.4 Å². The summed E-state index contributed by atoms with van der Waals surface area (Å²) in [6.07, 6.45) is 2.60. The minimum absolute atomic E-state index is 0. The van der Waals surface area contributed by atoms with Crippen molar-refractivity contribution in [3.8, 4) is 17.2 Å². The van der Waals surface area contributed by atoms with Crippen LogP contribution in [0.3, 0.4) is 0 Å². The Bertz CT molecular complexity index is 626. The maximum atomic E-state index is 12.7. The van der Waals surface area contributed by atoms with Crippen molar-refractivity contribution >= 4 is 24.2 Å². The Morgan fingerprint density at radius 3 is 2.30 bits per heavy atom. The highest BCUT2D eigenvalue weighted by molar-refractivity contribution is 6.01. The number of ketones is 1. The van der Waals surface area contributed by atoms with E-state index in [9.17, 15) is 9.59 Å². The lowest BCUT2D eigenvalue weighted by atomic mass is 9.97. The summed E-state index contributed by atoms with van der Waals surface area (Å²) in [7, 11) is 4.55. The second-order valence-corrected chi connectivity index (χ2v) is 6.41. The van der Waals surface area contributed by atoms with Crippen LogP contribution in [0.5, 0.6) is 17.2 Å². The van der Waals surface area contributed by atoms with E-state index >= 15 is 0 Å². The van der Waals surface area contributed by atoms with Crippen LogP contribution in [0.1, 0.15) is 36.0 Å². The number of piperidine rings is 1. The van der Waals surface area contributed by atoms with Crippen molar-refractivity contribution in [1.29, 1.82) is 0 Å². The number of aliphatic carboxylic acids is 1. The molecule has 1 atom stereocenters. The van der Waals surface area contributed by atoms with Crippen LogP contribution in [-0.2, 0) is 4.79 Å². The van der Waals surface area contributed by atoms with Crippen LogP contribution in [0.25, 0.3) is 0 Å². The van der Waals surface area contributed by atoms with E-state index in [2.05, 4.69) is 4.90 Å². The van der Waals surface area contributed by atoms with Crippen molar-refractivity contribution < 1.29 is 28.9 Å². The fourth-order valence-corrected chi connectivity index (χ4v) is 3.33. The molecule has 1 aromatic carbocycles. The first-order valence-electron chi connectivity index (χ1n) is 8.78. The summed E-state index contributed by atoms with van der Waals surface area (Å²) < 4.78 is 15.9. The van der Waals surface area contributed by atoms with Crippen molar-refractivity contribution in [2.75, 3.05) is 41.0 Å². The van der Waals surface area contributed by atoms with Gasteiger partial charge in [0.1, 0.15) is 22.8 Å². The van der Waals surface area contributed by atoms with Gasteiger partial charge in [-0.25, -0.2) is 0 Å². The summed E-state index contributed by atoms with van der Waals surface area (Å²) in [6.45, 7) is 2.14. The zero-order valence-electron chi connectivity index (χ0n) is 16.0. The topological polar surface area (TPSA) is 85.3 Å². The SMILES string of the molecule is COc1cc(OC)c(C(=O)CCCN2CCCC(C(=O)O)C2)c(OC)c1.Cl. The van der Waals surface area contributed by atoms with Gasteiger partial charge in [0.05, 0.1) is 27.2 Å². The monoisotopic (exact) mass is 401 g/mol. The highest BCUT2D eigenvalue weighted by atomic mass is 35.5. The Hall–Kier alpha value is -1.99. The molecule has 27 heavy (non-hydrogen) atoms. The average Bonchev–Trinajstić information content (AvgIpc) is 2.66. The van der Waals surface area contributed by atoms with Gasteiger partial charge in [0, 0.05) is 25.1 Å². The second-order valence-electron chi connectivity index (χ2n) is 6.41. The summed E-state index contributed by atoms with van der Waals surface area (Å²) in [5.74, 6) is 0.307. The second kappa shape index (κ2) is 11.0. The third-order valence-electron chi connectivity index (χ3n) is 4.73. The van der Waals surface area contributed by atoms with Gasteiger partial charge in [-0.1, -0.05) is 0 Å². The molecule has 1 aliphatic heterocycles. The first-order chi connectivity index (χ1) is 12.5. The number of Topliss-reactive ketones (excluding diaryl/α,β-unsaturated/α-hetero) is 1. The molecule has 0 radical (unpaired) electrons. The van der Waals surface area contributed by atoms with E-state index in [-0.39, 0.29) is 24.1 Å². The van der Waals surface area contributed by atoms with E-state index in [0.717, 1.165) is 19.4 Å². The van der Waals surface area contributed by atoms with Crippen molar-refractivity contribution in [3.63, 3.8) is 0 Å². The fourth-order valence-electron chi connectivity index (χ4n) is 3.33. The highest BCUT2D eigenvalue weighted by Crippen LogP contribution is 2.35. The van der Waals surface area contributed by atoms with E-state index in [0.29, 0.717) is 48.7 Å². The van der Waals surface area contributed by atoms with Gasteiger partial charge in [-0.3, -0.25) is 9.59 Å². The number of halogens is 1. The fraction of sp³-hybridized carbons (Fsp3) is 0.579. The maximum Gasteiger partial charge on any atom is 0.307 e. The van der Waals surface area contributed by atoms with Crippen LogP contribution in [0.15, 0.2) is 12.1 Å². The molecule has 1 N–H and O–H groups in total. The number of hydrogen-bond donors (Lipinski definition) is 1. The molecule has 7 nitrogen and oxygen atoms in total.